The highest BCUT2D eigenvalue weighted by Gasteiger charge is 2.21. The Kier molecular flexibility index (Phi) is 6.03. The molecule has 0 aliphatic carbocycles. The number of H-pyrrole nitrogens is 1. The Morgan fingerprint density at radius 2 is 1.94 bits per heavy atom. The summed E-state index contributed by atoms with van der Waals surface area (Å²) in [4.78, 5) is 15.6. The minimum absolute atomic E-state index is 0.410. The quantitative estimate of drug-likeness (QED) is 0.337. The Labute approximate surface area is 193 Å². The predicted molar refractivity (Wildman–Crippen MR) is 131 cm³/mol. The highest BCUT2D eigenvalue weighted by Crippen LogP contribution is 2.35. The van der Waals surface area contributed by atoms with Crippen molar-refractivity contribution in [3.05, 3.63) is 82.9 Å². The van der Waals surface area contributed by atoms with Gasteiger partial charge >= 0.3 is 0 Å². The van der Waals surface area contributed by atoms with Crippen LogP contribution in [0.15, 0.2) is 59.1 Å². The normalized spacial score (nSPS) is 14.7. The Balaban J connectivity index is 1.44. The molecule has 0 bridgehead atoms. The van der Waals surface area contributed by atoms with Gasteiger partial charge in [-0.25, -0.2) is 0 Å². The number of nitrogens with one attached hydrogen (secondary N) is 3. The van der Waals surface area contributed by atoms with E-state index in [4.69, 9.17) is 10.2 Å². The number of piperidine rings is 1. The van der Waals surface area contributed by atoms with Gasteiger partial charge in [-0.05, 0) is 91.4 Å². The van der Waals surface area contributed by atoms with Gasteiger partial charge in [0.2, 0.25) is 0 Å². The summed E-state index contributed by atoms with van der Waals surface area (Å²) in [6, 6.07) is 16.5. The molecule has 2 aromatic heterocycles. The summed E-state index contributed by atoms with van der Waals surface area (Å²) in [6.07, 6.45) is 4.26. The van der Waals surface area contributed by atoms with Gasteiger partial charge in [0.1, 0.15) is 11.5 Å². The van der Waals surface area contributed by atoms with E-state index in [1.807, 2.05) is 25.1 Å². The van der Waals surface area contributed by atoms with Crippen molar-refractivity contribution < 1.29 is 9.21 Å². The maximum absolute atomic E-state index is 12.3. The second kappa shape index (κ2) is 9.25. The Morgan fingerprint density at radius 3 is 2.70 bits per heavy atom. The van der Waals surface area contributed by atoms with Crippen molar-refractivity contribution in [2.45, 2.75) is 38.8 Å². The lowest BCUT2D eigenvalue weighted by molar-refractivity contribution is 0.100. The number of hydrogen-bond donors (Lipinski definition) is 4. The van der Waals surface area contributed by atoms with Crippen LogP contribution in [0.2, 0.25) is 0 Å². The number of fused-ring (bicyclic) bond motifs is 1. The molecule has 1 amide bonds. The first-order chi connectivity index (χ1) is 16.1. The fraction of sp³-hybridized carbons (Fsp3) is 0.296. The number of primary amides is 1. The van der Waals surface area contributed by atoms with Gasteiger partial charge in [-0.3, -0.25) is 4.79 Å². The van der Waals surface area contributed by atoms with Crippen LogP contribution < -0.4 is 16.4 Å². The van der Waals surface area contributed by atoms with E-state index in [1.54, 1.807) is 0 Å². The monoisotopic (exact) mass is 442 g/mol. The number of carbonyl (C=O) groups is 1. The molecule has 1 fully saturated rings. The van der Waals surface area contributed by atoms with Crippen LogP contribution in [0.3, 0.4) is 0 Å². The largest absolute Gasteiger partial charge is 0.465 e. The van der Waals surface area contributed by atoms with Crippen LogP contribution in [-0.4, -0.2) is 24.0 Å². The molecule has 1 aliphatic rings. The smallest absolute Gasteiger partial charge is 0.250 e. The summed E-state index contributed by atoms with van der Waals surface area (Å²) in [7, 11) is 0. The first kappa shape index (κ1) is 21.5. The highest BCUT2D eigenvalue weighted by molar-refractivity contribution is 6.07. The van der Waals surface area contributed by atoms with Gasteiger partial charge in [0.05, 0.1) is 17.6 Å². The van der Waals surface area contributed by atoms with Crippen LogP contribution in [0.4, 0.5) is 0 Å². The molecule has 33 heavy (non-hydrogen) atoms. The van der Waals surface area contributed by atoms with E-state index < -0.39 is 5.91 Å². The van der Waals surface area contributed by atoms with E-state index >= 15 is 0 Å². The Hall–Kier alpha value is -3.35. The van der Waals surface area contributed by atoms with Crippen molar-refractivity contribution in [2.24, 2.45) is 5.73 Å². The molecule has 1 aliphatic heterocycles. The van der Waals surface area contributed by atoms with Crippen LogP contribution in [-0.2, 0) is 13.1 Å². The van der Waals surface area contributed by atoms with E-state index in [-0.39, 0.29) is 0 Å². The zero-order chi connectivity index (χ0) is 22.8. The maximum Gasteiger partial charge on any atom is 0.250 e. The number of aromatic amines is 1. The predicted octanol–water partition coefficient (Wildman–Crippen LogP) is 4.59. The van der Waals surface area contributed by atoms with E-state index in [2.05, 4.69) is 52.1 Å². The van der Waals surface area contributed by atoms with Crippen molar-refractivity contribution in [3.8, 4) is 11.1 Å². The van der Waals surface area contributed by atoms with Crippen LogP contribution in [0.5, 0.6) is 0 Å². The van der Waals surface area contributed by atoms with Gasteiger partial charge in [0.15, 0.2) is 0 Å². The summed E-state index contributed by atoms with van der Waals surface area (Å²) in [6.45, 7) is 5.39. The average molecular weight is 443 g/mol. The standard InChI is InChI=1S/C27H30N4O2/c1-17-5-6-22(33-17)15-30-14-18-3-2-4-20(11-18)21-12-23-25(19-7-9-29-10-8-19)16-31-26(23)24(13-21)27(28)32/h2-6,11-13,16,19,29-31H,7-10,14-15H2,1H3,(H2,28,32). The van der Waals surface area contributed by atoms with Gasteiger partial charge < -0.3 is 25.8 Å². The number of carbonyl (C=O) groups excluding carboxylic acids is 1. The molecule has 6 heteroatoms. The molecule has 0 saturated carbocycles. The molecule has 3 heterocycles. The SMILES string of the molecule is Cc1ccc(CNCc2cccc(-c3cc(C(N)=O)c4[nH]cc(C5CCNCC5)c4c3)c2)o1. The molecule has 5 N–H and O–H groups in total. The van der Waals surface area contributed by atoms with Crippen molar-refractivity contribution in [3.63, 3.8) is 0 Å². The molecule has 0 unspecified atom stereocenters. The summed E-state index contributed by atoms with van der Waals surface area (Å²) in [5.41, 5.74) is 11.7. The van der Waals surface area contributed by atoms with Crippen molar-refractivity contribution in [1.29, 1.82) is 0 Å². The zero-order valence-corrected chi connectivity index (χ0v) is 18.9. The van der Waals surface area contributed by atoms with E-state index in [0.717, 1.165) is 66.0 Å². The fourth-order valence-corrected chi connectivity index (χ4v) is 4.86. The van der Waals surface area contributed by atoms with Gasteiger partial charge in [-0.1, -0.05) is 18.2 Å². The Bertz CT molecular complexity index is 1280. The third kappa shape index (κ3) is 4.58. The molecule has 0 spiro atoms. The zero-order valence-electron chi connectivity index (χ0n) is 18.9. The molecule has 0 atom stereocenters. The number of nitrogens with two attached hydrogens (primary N) is 1. The van der Waals surface area contributed by atoms with Crippen LogP contribution in [0.1, 0.15) is 51.8 Å². The van der Waals surface area contributed by atoms with E-state index in [9.17, 15) is 4.79 Å². The fourth-order valence-electron chi connectivity index (χ4n) is 4.86. The molecule has 170 valence electrons. The van der Waals surface area contributed by atoms with Gasteiger partial charge in [0, 0.05) is 18.1 Å². The molecule has 5 rings (SSSR count). The van der Waals surface area contributed by atoms with Crippen molar-refractivity contribution in [1.82, 2.24) is 15.6 Å². The second-order valence-corrected chi connectivity index (χ2v) is 8.90. The number of rotatable bonds is 7. The minimum Gasteiger partial charge on any atom is -0.465 e. The summed E-state index contributed by atoms with van der Waals surface area (Å²) < 4.78 is 5.63. The molecule has 6 nitrogen and oxygen atoms in total. The number of benzene rings is 2. The average Bonchev–Trinajstić information content (AvgIpc) is 3.45. The number of aryl methyl sites for hydroxylation is 1. The first-order valence-electron chi connectivity index (χ1n) is 11.6. The van der Waals surface area contributed by atoms with Gasteiger partial charge in [0.25, 0.3) is 5.91 Å². The number of aromatic nitrogens is 1. The summed E-state index contributed by atoms with van der Waals surface area (Å²) in [5, 5.41) is 7.97. The Morgan fingerprint density at radius 1 is 1.09 bits per heavy atom. The van der Waals surface area contributed by atoms with Crippen LogP contribution in [0.25, 0.3) is 22.0 Å². The lowest BCUT2D eigenvalue weighted by Gasteiger charge is -2.22. The lowest BCUT2D eigenvalue weighted by Crippen LogP contribution is -2.26. The van der Waals surface area contributed by atoms with Crippen LogP contribution in [0, 0.1) is 6.92 Å². The number of furan rings is 1. The van der Waals surface area contributed by atoms with E-state index in [0.29, 0.717) is 18.0 Å². The third-order valence-electron chi connectivity index (χ3n) is 6.55. The van der Waals surface area contributed by atoms with Gasteiger partial charge in [-0.15, -0.1) is 0 Å². The number of amides is 1. The van der Waals surface area contributed by atoms with Crippen molar-refractivity contribution in [2.75, 3.05) is 13.1 Å². The molecular weight excluding hydrogens is 412 g/mol. The lowest BCUT2D eigenvalue weighted by atomic mass is 9.88. The number of hydrogen-bond acceptors (Lipinski definition) is 4. The second-order valence-electron chi connectivity index (χ2n) is 8.90. The molecule has 1 saturated heterocycles. The maximum atomic E-state index is 12.3. The van der Waals surface area contributed by atoms with Crippen LogP contribution >= 0.6 is 0 Å². The highest BCUT2D eigenvalue weighted by atomic mass is 16.3. The topological polar surface area (TPSA) is 96.1 Å². The summed E-state index contributed by atoms with van der Waals surface area (Å²) >= 11 is 0. The first-order valence-corrected chi connectivity index (χ1v) is 11.6. The summed E-state index contributed by atoms with van der Waals surface area (Å²) in [5.74, 6) is 1.92. The van der Waals surface area contributed by atoms with Crippen molar-refractivity contribution >= 4 is 16.8 Å². The molecule has 2 aromatic carbocycles. The molecule has 4 aromatic rings. The minimum atomic E-state index is -0.410. The molecule has 0 radical (unpaired) electrons. The molecular formula is C27H30N4O2. The van der Waals surface area contributed by atoms with Gasteiger partial charge in [-0.2, -0.15) is 0 Å². The van der Waals surface area contributed by atoms with E-state index in [1.165, 1.54) is 11.1 Å². The third-order valence-corrected chi connectivity index (χ3v) is 6.55.